The molecule has 7 heteroatoms. The fraction of sp³-hybridized carbons (Fsp3) is 0.136. The van der Waals surface area contributed by atoms with Gasteiger partial charge in [-0.1, -0.05) is 72.3 Å². The van der Waals surface area contributed by atoms with E-state index in [1.165, 1.54) is 29.6 Å². The highest BCUT2D eigenvalue weighted by molar-refractivity contribution is 7.89. The SMILES string of the molecule is CN(Cc1ccccc1)S(=O)(=O)c1ccc(Cl)c(C(=O)OCc2ccccc2)c1. The third-order valence-corrected chi connectivity index (χ3v) is 6.46. The fourth-order valence-electron chi connectivity index (χ4n) is 2.73. The minimum Gasteiger partial charge on any atom is -0.457 e. The first-order chi connectivity index (χ1) is 13.9. The molecule has 0 unspecified atom stereocenters. The Morgan fingerprint density at radius 1 is 0.931 bits per heavy atom. The minimum absolute atomic E-state index is 0.0109. The van der Waals surface area contributed by atoms with Gasteiger partial charge in [0, 0.05) is 13.6 Å². The van der Waals surface area contributed by atoms with Gasteiger partial charge < -0.3 is 4.74 Å². The van der Waals surface area contributed by atoms with Crippen molar-refractivity contribution in [3.8, 4) is 0 Å². The molecule has 3 aromatic carbocycles. The first-order valence-corrected chi connectivity index (χ1v) is 10.7. The lowest BCUT2D eigenvalue weighted by Gasteiger charge is -2.18. The lowest BCUT2D eigenvalue weighted by Crippen LogP contribution is -2.26. The number of ether oxygens (including phenoxy) is 1. The van der Waals surface area contributed by atoms with E-state index in [0.29, 0.717) is 0 Å². The van der Waals surface area contributed by atoms with Crippen LogP contribution in [0.4, 0.5) is 0 Å². The van der Waals surface area contributed by atoms with E-state index in [4.69, 9.17) is 16.3 Å². The summed E-state index contributed by atoms with van der Waals surface area (Å²) < 4.78 is 32.4. The van der Waals surface area contributed by atoms with Crippen LogP contribution in [0.2, 0.25) is 5.02 Å². The van der Waals surface area contributed by atoms with Gasteiger partial charge in [0.25, 0.3) is 0 Å². The van der Waals surface area contributed by atoms with E-state index < -0.39 is 16.0 Å². The first-order valence-electron chi connectivity index (χ1n) is 8.89. The highest BCUT2D eigenvalue weighted by Gasteiger charge is 2.24. The van der Waals surface area contributed by atoms with Crippen molar-refractivity contribution in [3.05, 3.63) is 101 Å². The molecule has 0 saturated carbocycles. The van der Waals surface area contributed by atoms with Gasteiger partial charge in [0.05, 0.1) is 15.5 Å². The second kappa shape index (κ2) is 9.22. The second-order valence-electron chi connectivity index (χ2n) is 6.45. The molecule has 3 rings (SSSR count). The van der Waals surface area contributed by atoms with Crippen LogP contribution in [0.15, 0.2) is 83.8 Å². The van der Waals surface area contributed by atoms with Crippen molar-refractivity contribution >= 4 is 27.6 Å². The molecule has 29 heavy (non-hydrogen) atoms. The molecule has 0 fully saturated rings. The van der Waals surface area contributed by atoms with E-state index >= 15 is 0 Å². The van der Waals surface area contributed by atoms with Crippen LogP contribution < -0.4 is 0 Å². The van der Waals surface area contributed by atoms with Crippen LogP contribution in [0.3, 0.4) is 0 Å². The third-order valence-electron chi connectivity index (χ3n) is 4.33. The number of benzene rings is 3. The van der Waals surface area contributed by atoms with Gasteiger partial charge in [0.15, 0.2) is 0 Å². The molecule has 0 saturated heterocycles. The zero-order valence-corrected chi connectivity index (χ0v) is 17.4. The Morgan fingerprint density at radius 2 is 1.52 bits per heavy atom. The molecule has 0 aromatic heterocycles. The smallest absolute Gasteiger partial charge is 0.340 e. The second-order valence-corrected chi connectivity index (χ2v) is 8.90. The number of hydrogen-bond acceptors (Lipinski definition) is 4. The summed E-state index contributed by atoms with van der Waals surface area (Å²) in [5, 5.41) is 0.132. The van der Waals surface area contributed by atoms with Crippen molar-refractivity contribution < 1.29 is 17.9 Å². The van der Waals surface area contributed by atoms with Crippen LogP contribution in [0.5, 0.6) is 0 Å². The maximum atomic E-state index is 12.9. The maximum Gasteiger partial charge on any atom is 0.340 e. The zero-order valence-electron chi connectivity index (χ0n) is 15.8. The largest absolute Gasteiger partial charge is 0.457 e. The van der Waals surface area contributed by atoms with Crippen molar-refractivity contribution in [2.45, 2.75) is 18.0 Å². The molecule has 0 heterocycles. The summed E-state index contributed by atoms with van der Waals surface area (Å²) in [5.41, 5.74) is 1.69. The summed E-state index contributed by atoms with van der Waals surface area (Å²) in [5.74, 6) is -0.679. The number of carbonyl (C=O) groups excluding carboxylic acids is 1. The minimum atomic E-state index is -3.81. The van der Waals surface area contributed by atoms with Crippen LogP contribution in [0.1, 0.15) is 21.5 Å². The number of sulfonamides is 1. The van der Waals surface area contributed by atoms with E-state index in [1.807, 2.05) is 60.7 Å². The molecular weight excluding hydrogens is 410 g/mol. The molecule has 5 nitrogen and oxygen atoms in total. The van der Waals surface area contributed by atoms with E-state index in [2.05, 4.69) is 0 Å². The molecule has 0 N–H and O–H groups in total. The fourth-order valence-corrected chi connectivity index (χ4v) is 4.11. The summed E-state index contributed by atoms with van der Waals surface area (Å²) in [6.45, 7) is 0.278. The standard InChI is InChI=1S/C22H20ClNO4S/c1-24(15-17-8-4-2-5-9-17)29(26,27)19-12-13-21(23)20(14-19)22(25)28-16-18-10-6-3-7-11-18/h2-14H,15-16H2,1H3. The molecule has 0 atom stereocenters. The van der Waals surface area contributed by atoms with E-state index in [0.717, 1.165) is 11.1 Å². The van der Waals surface area contributed by atoms with Gasteiger partial charge >= 0.3 is 5.97 Å². The monoisotopic (exact) mass is 429 g/mol. The van der Waals surface area contributed by atoms with Gasteiger partial charge in [-0.3, -0.25) is 0 Å². The molecule has 0 radical (unpaired) electrons. The highest BCUT2D eigenvalue weighted by atomic mass is 35.5. The lowest BCUT2D eigenvalue weighted by molar-refractivity contribution is 0.0472. The quantitative estimate of drug-likeness (QED) is 0.518. The van der Waals surface area contributed by atoms with Crippen molar-refractivity contribution in [1.82, 2.24) is 4.31 Å². The summed E-state index contributed by atoms with van der Waals surface area (Å²) in [6, 6.07) is 22.5. The van der Waals surface area contributed by atoms with Gasteiger partial charge in [-0.05, 0) is 29.3 Å². The summed E-state index contributed by atoms with van der Waals surface area (Å²) in [6.07, 6.45) is 0. The summed E-state index contributed by atoms with van der Waals surface area (Å²) in [7, 11) is -2.32. The van der Waals surface area contributed by atoms with Crippen molar-refractivity contribution in [2.75, 3.05) is 7.05 Å². The van der Waals surface area contributed by atoms with Gasteiger partial charge in [-0.2, -0.15) is 4.31 Å². The van der Waals surface area contributed by atoms with Crippen LogP contribution in [0, 0.1) is 0 Å². The molecular formula is C22H20ClNO4S. The molecule has 3 aromatic rings. The third kappa shape index (κ3) is 5.23. The summed E-state index contributed by atoms with van der Waals surface area (Å²) >= 11 is 6.12. The first kappa shape index (κ1) is 21.0. The van der Waals surface area contributed by atoms with Gasteiger partial charge in [0.2, 0.25) is 10.0 Å². The van der Waals surface area contributed by atoms with Crippen LogP contribution in [-0.4, -0.2) is 25.7 Å². The zero-order chi connectivity index (χ0) is 20.9. The predicted octanol–water partition coefficient (Wildman–Crippen LogP) is 4.52. The molecule has 150 valence electrons. The normalized spacial score (nSPS) is 11.4. The van der Waals surface area contributed by atoms with Crippen molar-refractivity contribution in [1.29, 1.82) is 0 Å². The summed E-state index contributed by atoms with van der Waals surface area (Å²) in [4.78, 5) is 12.4. The van der Waals surface area contributed by atoms with Crippen molar-refractivity contribution in [2.24, 2.45) is 0 Å². The topological polar surface area (TPSA) is 63.7 Å². The number of halogens is 1. The number of esters is 1. The Balaban J connectivity index is 1.79. The highest BCUT2D eigenvalue weighted by Crippen LogP contribution is 2.24. The van der Waals surface area contributed by atoms with Crippen LogP contribution in [0.25, 0.3) is 0 Å². The molecule has 0 aliphatic rings. The maximum absolute atomic E-state index is 12.9. The average Bonchev–Trinajstić information content (AvgIpc) is 2.73. The Labute approximate surface area is 175 Å². The Kier molecular flexibility index (Phi) is 6.69. The molecule has 0 aliphatic heterocycles. The number of carbonyl (C=O) groups is 1. The van der Waals surface area contributed by atoms with E-state index in [1.54, 1.807) is 0 Å². The van der Waals surface area contributed by atoms with Crippen LogP contribution in [-0.2, 0) is 27.9 Å². The Bertz CT molecular complexity index is 1090. The Morgan fingerprint density at radius 3 is 2.14 bits per heavy atom. The molecule has 0 amide bonds. The molecule has 0 bridgehead atoms. The predicted molar refractivity (Wildman–Crippen MR) is 112 cm³/mol. The lowest BCUT2D eigenvalue weighted by atomic mass is 10.2. The molecule has 0 aliphatic carbocycles. The Hall–Kier alpha value is -2.67. The van der Waals surface area contributed by atoms with Gasteiger partial charge in [-0.25, -0.2) is 13.2 Å². The van der Waals surface area contributed by atoms with Gasteiger partial charge in [0.1, 0.15) is 6.61 Å². The number of nitrogens with zero attached hydrogens (tertiary/aromatic N) is 1. The van der Waals surface area contributed by atoms with Crippen molar-refractivity contribution in [3.63, 3.8) is 0 Å². The van der Waals surface area contributed by atoms with Gasteiger partial charge in [-0.15, -0.1) is 0 Å². The van der Waals surface area contributed by atoms with Crippen LogP contribution >= 0.6 is 11.6 Å². The average molecular weight is 430 g/mol. The van der Waals surface area contributed by atoms with E-state index in [-0.39, 0.29) is 28.6 Å². The van der Waals surface area contributed by atoms with E-state index in [9.17, 15) is 13.2 Å². The molecule has 0 spiro atoms. The number of rotatable bonds is 7. The number of hydrogen-bond donors (Lipinski definition) is 0.